The lowest BCUT2D eigenvalue weighted by Crippen LogP contribution is -2.27. The van der Waals surface area contributed by atoms with E-state index in [0.717, 1.165) is 13.1 Å². The molecule has 0 aromatic heterocycles. The van der Waals surface area contributed by atoms with E-state index in [9.17, 15) is 9.59 Å². The van der Waals surface area contributed by atoms with Crippen molar-refractivity contribution in [1.29, 1.82) is 0 Å². The SMILES string of the molecule is CCN(CC)C1=NC(=O)[C@H](CC(=O)Nc2ccc(OC)c(OC)c2)S1. The van der Waals surface area contributed by atoms with Crippen LogP contribution in [0.4, 0.5) is 5.69 Å². The molecule has 1 aromatic carbocycles. The Bertz CT molecular complexity index is 674. The van der Waals surface area contributed by atoms with Crippen molar-refractivity contribution in [3.05, 3.63) is 18.2 Å². The van der Waals surface area contributed by atoms with E-state index in [2.05, 4.69) is 10.3 Å². The second-order valence-electron chi connectivity index (χ2n) is 5.33. The van der Waals surface area contributed by atoms with Crippen molar-refractivity contribution in [2.45, 2.75) is 25.5 Å². The van der Waals surface area contributed by atoms with Gasteiger partial charge in [0.15, 0.2) is 16.7 Å². The number of rotatable bonds is 7. The van der Waals surface area contributed by atoms with Crippen LogP contribution in [-0.4, -0.2) is 54.4 Å². The average molecular weight is 365 g/mol. The Hall–Kier alpha value is -2.22. The summed E-state index contributed by atoms with van der Waals surface area (Å²) >= 11 is 1.35. The molecule has 0 fully saturated rings. The van der Waals surface area contributed by atoms with Crippen LogP contribution in [0.1, 0.15) is 20.3 Å². The van der Waals surface area contributed by atoms with E-state index in [1.54, 1.807) is 25.3 Å². The van der Waals surface area contributed by atoms with Gasteiger partial charge in [-0.15, -0.1) is 0 Å². The third kappa shape index (κ3) is 4.66. The minimum absolute atomic E-state index is 0.0755. The molecule has 0 unspecified atom stereocenters. The molecule has 25 heavy (non-hydrogen) atoms. The highest BCUT2D eigenvalue weighted by Gasteiger charge is 2.32. The maximum Gasteiger partial charge on any atom is 0.262 e. The van der Waals surface area contributed by atoms with Gasteiger partial charge in [-0.25, -0.2) is 0 Å². The number of thioether (sulfide) groups is 1. The number of amidine groups is 1. The molecule has 1 N–H and O–H groups in total. The predicted octanol–water partition coefficient (Wildman–Crippen LogP) is 2.37. The van der Waals surface area contributed by atoms with E-state index in [-0.39, 0.29) is 18.2 Å². The van der Waals surface area contributed by atoms with Crippen LogP contribution in [0.3, 0.4) is 0 Å². The standard InChI is InChI=1S/C17H23N3O4S/c1-5-20(6-2)17-19-16(22)14(25-17)10-15(21)18-11-7-8-12(23-3)13(9-11)24-4/h7-9,14H,5-6,10H2,1-4H3,(H,18,21)/t14-/m0/s1. The molecule has 0 saturated heterocycles. The zero-order valence-electron chi connectivity index (χ0n) is 14.9. The van der Waals surface area contributed by atoms with Crippen molar-refractivity contribution in [3.63, 3.8) is 0 Å². The number of benzene rings is 1. The molecule has 1 aliphatic heterocycles. The molecule has 0 spiro atoms. The maximum absolute atomic E-state index is 12.3. The molecule has 1 heterocycles. The first-order valence-electron chi connectivity index (χ1n) is 8.08. The average Bonchev–Trinajstić information content (AvgIpc) is 2.96. The zero-order valence-corrected chi connectivity index (χ0v) is 15.7. The van der Waals surface area contributed by atoms with Crippen LogP contribution >= 0.6 is 11.8 Å². The Balaban J connectivity index is 1.96. The van der Waals surface area contributed by atoms with Gasteiger partial charge >= 0.3 is 0 Å². The Morgan fingerprint density at radius 1 is 1.24 bits per heavy atom. The van der Waals surface area contributed by atoms with Gasteiger partial charge in [0.05, 0.1) is 14.2 Å². The second-order valence-corrected chi connectivity index (χ2v) is 6.50. The van der Waals surface area contributed by atoms with Crippen LogP contribution < -0.4 is 14.8 Å². The van der Waals surface area contributed by atoms with E-state index in [1.165, 1.54) is 18.9 Å². The first-order valence-corrected chi connectivity index (χ1v) is 8.96. The van der Waals surface area contributed by atoms with Crippen molar-refractivity contribution in [1.82, 2.24) is 4.90 Å². The highest BCUT2D eigenvalue weighted by atomic mass is 32.2. The van der Waals surface area contributed by atoms with Gasteiger partial charge < -0.3 is 19.7 Å². The fourth-order valence-electron chi connectivity index (χ4n) is 2.43. The van der Waals surface area contributed by atoms with Crippen LogP contribution in [0.5, 0.6) is 11.5 Å². The van der Waals surface area contributed by atoms with Crippen LogP contribution in [0, 0.1) is 0 Å². The molecule has 1 aliphatic rings. The lowest BCUT2D eigenvalue weighted by atomic mass is 10.2. The van der Waals surface area contributed by atoms with Crippen LogP contribution in [0.25, 0.3) is 0 Å². The summed E-state index contributed by atoms with van der Waals surface area (Å²) in [6, 6.07) is 5.12. The van der Waals surface area contributed by atoms with Gasteiger partial charge in [-0.05, 0) is 26.0 Å². The molecule has 2 rings (SSSR count). The first kappa shape index (κ1) is 19.1. The summed E-state index contributed by atoms with van der Waals surface area (Å²) in [5.74, 6) is 0.612. The third-order valence-electron chi connectivity index (χ3n) is 3.80. The third-order valence-corrected chi connectivity index (χ3v) is 5.01. The Kier molecular flexibility index (Phi) is 6.69. The molecule has 8 heteroatoms. The molecular weight excluding hydrogens is 342 g/mol. The number of nitrogens with one attached hydrogen (secondary N) is 1. The number of amides is 2. The molecule has 2 amide bonds. The summed E-state index contributed by atoms with van der Waals surface area (Å²) in [5, 5.41) is 3.00. The molecule has 0 aliphatic carbocycles. The summed E-state index contributed by atoms with van der Waals surface area (Å²) in [7, 11) is 3.08. The predicted molar refractivity (Wildman–Crippen MR) is 99.5 cm³/mol. The van der Waals surface area contributed by atoms with Crippen molar-refractivity contribution in [2.24, 2.45) is 4.99 Å². The van der Waals surface area contributed by atoms with Gasteiger partial charge in [0, 0.05) is 31.3 Å². The van der Waals surface area contributed by atoms with Gasteiger partial charge in [-0.1, -0.05) is 11.8 Å². The normalized spacial score (nSPS) is 16.4. The number of anilines is 1. The highest BCUT2D eigenvalue weighted by molar-refractivity contribution is 8.15. The van der Waals surface area contributed by atoms with Gasteiger partial charge in [0.1, 0.15) is 5.25 Å². The van der Waals surface area contributed by atoms with Gasteiger partial charge in [-0.2, -0.15) is 4.99 Å². The monoisotopic (exact) mass is 365 g/mol. The molecule has 0 radical (unpaired) electrons. The van der Waals surface area contributed by atoms with Crippen LogP contribution in [-0.2, 0) is 9.59 Å². The molecule has 1 atom stereocenters. The zero-order chi connectivity index (χ0) is 18.4. The fourth-order valence-corrected chi connectivity index (χ4v) is 3.63. The number of carbonyl (C=O) groups excluding carboxylic acids is 2. The van der Waals surface area contributed by atoms with Crippen molar-refractivity contribution >= 4 is 34.4 Å². The number of aliphatic imine (C=N–C) groups is 1. The largest absolute Gasteiger partial charge is 0.493 e. The second kappa shape index (κ2) is 8.75. The van der Waals surface area contributed by atoms with E-state index in [1.807, 2.05) is 18.7 Å². The fraction of sp³-hybridized carbons (Fsp3) is 0.471. The minimum Gasteiger partial charge on any atom is -0.493 e. The quantitative estimate of drug-likeness (QED) is 0.799. The topological polar surface area (TPSA) is 80.2 Å². The smallest absolute Gasteiger partial charge is 0.262 e. The molecule has 1 aromatic rings. The minimum atomic E-state index is -0.476. The van der Waals surface area contributed by atoms with Crippen LogP contribution in [0.15, 0.2) is 23.2 Å². The number of hydrogen-bond acceptors (Lipinski definition) is 6. The van der Waals surface area contributed by atoms with Gasteiger partial charge in [-0.3, -0.25) is 9.59 Å². The first-order chi connectivity index (χ1) is 12.0. The number of ether oxygens (including phenoxy) is 2. The summed E-state index contributed by atoms with van der Waals surface area (Å²) in [6.07, 6.45) is 0.0755. The molecule has 7 nitrogen and oxygen atoms in total. The maximum atomic E-state index is 12.3. The summed E-state index contributed by atoms with van der Waals surface area (Å²) < 4.78 is 10.4. The molecular formula is C17H23N3O4S. The van der Waals surface area contributed by atoms with Crippen molar-refractivity contribution in [3.8, 4) is 11.5 Å². The Labute approximate surface area is 151 Å². The lowest BCUT2D eigenvalue weighted by molar-refractivity contribution is -0.121. The van der Waals surface area contributed by atoms with E-state index in [4.69, 9.17) is 9.47 Å². The van der Waals surface area contributed by atoms with E-state index in [0.29, 0.717) is 22.4 Å². The Morgan fingerprint density at radius 3 is 2.52 bits per heavy atom. The van der Waals surface area contributed by atoms with E-state index >= 15 is 0 Å². The molecule has 0 bridgehead atoms. The number of nitrogens with zero attached hydrogens (tertiary/aromatic N) is 2. The number of hydrogen-bond donors (Lipinski definition) is 1. The molecule has 136 valence electrons. The summed E-state index contributed by atoms with van der Waals surface area (Å²) in [5.41, 5.74) is 0.586. The Morgan fingerprint density at radius 2 is 1.92 bits per heavy atom. The summed E-state index contributed by atoms with van der Waals surface area (Å²) in [4.78, 5) is 30.4. The number of methoxy groups -OCH3 is 2. The highest BCUT2D eigenvalue weighted by Crippen LogP contribution is 2.31. The van der Waals surface area contributed by atoms with Crippen LogP contribution in [0.2, 0.25) is 0 Å². The van der Waals surface area contributed by atoms with E-state index < -0.39 is 5.25 Å². The lowest BCUT2D eigenvalue weighted by Gasteiger charge is -2.19. The molecule has 0 saturated carbocycles. The van der Waals surface area contributed by atoms with Gasteiger partial charge in [0.25, 0.3) is 5.91 Å². The van der Waals surface area contributed by atoms with Crippen molar-refractivity contribution in [2.75, 3.05) is 32.6 Å². The van der Waals surface area contributed by atoms with Gasteiger partial charge in [0.2, 0.25) is 5.91 Å². The summed E-state index contributed by atoms with van der Waals surface area (Å²) in [6.45, 7) is 5.57. The number of carbonyl (C=O) groups is 2. The van der Waals surface area contributed by atoms with Crippen molar-refractivity contribution < 1.29 is 19.1 Å².